The number of aromatic nitrogens is 1. The van der Waals surface area contributed by atoms with Crippen LogP contribution in [0.25, 0.3) is 11.3 Å². The molecular formula is C18H21N3O2. The second-order valence-electron chi connectivity index (χ2n) is 5.95. The van der Waals surface area contributed by atoms with Crippen molar-refractivity contribution in [2.24, 2.45) is 11.7 Å². The van der Waals surface area contributed by atoms with Crippen molar-refractivity contribution in [3.63, 3.8) is 0 Å². The average Bonchev–Trinajstić information content (AvgIpc) is 2.62. The summed E-state index contributed by atoms with van der Waals surface area (Å²) in [5.41, 5.74) is 7.18. The summed E-state index contributed by atoms with van der Waals surface area (Å²) in [5, 5.41) is 0. The van der Waals surface area contributed by atoms with Gasteiger partial charge in [0.1, 0.15) is 5.56 Å². The summed E-state index contributed by atoms with van der Waals surface area (Å²) in [6.07, 6.45) is 1.81. The maximum atomic E-state index is 12.5. The Bertz CT molecular complexity index is 731. The van der Waals surface area contributed by atoms with Crippen LogP contribution in [0.15, 0.2) is 47.3 Å². The fraction of sp³-hybridized carbons (Fsp3) is 0.333. The van der Waals surface area contributed by atoms with E-state index in [-0.39, 0.29) is 17.0 Å². The quantitative estimate of drug-likeness (QED) is 0.908. The fourth-order valence-corrected chi connectivity index (χ4v) is 2.97. The third kappa shape index (κ3) is 3.35. The Morgan fingerprint density at radius 3 is 2.43 bits per heavy atom. The predicted molar refractivity (Wildman–Crippen MR) is 90.2 cm³/mol. The van der Waals surface area contributed by atoms with Crippen LogP contribution in [0, 0.1) is 5.92 Å². The Morgan fingerprint density at radius 1 is 1.13 bits per heavy atom. The zero-order valence-corrected chi connectivity index (χ0v) is 13.0. The molecule has 0 atom stereocenters. The number of hydrogen-bond acceptors (Lipinski definition) is 3. The Morgan fingerprint density at radius 2 is 1.83 bits per heavy atom. The van der Waals surface area contributed by atoms with Gasteiger partial charge in [-0.25, -0.2) is 0 Å². The highest BCUT2D eigenvalue weighted by atomic mass is 16.2. The number of nitrogens with one attached hydrogen (secondary N) is 1. The summed E-state index contributed by atoms with van der Waals surface area (Å²) in [7, 11) is 0. The number of aromatic amines is 1. The van der Waals surface area contributed by atoms with Gasteiger partial charge in [-0.15, -0.1) is 0 Å². The summed E-state index contributed by atoms with van der Waals surface area (Å²) >= 11 is 0. The first-order valence-corrected chi connectivity index (χ1v) is 7.97. The van der Waals surface area contributed by atoms with E-state index in [1.165, 1.54) is 0 Å². The normalized spacial score (nSPS) is 15.6. The lowest BCUT2D eigenvalue weighted by Crippen LogP contribution is -2.41. The molecule has 0 saturated carbocycles. The largest absolute Gasteiger partial charge is 0.338 e. The van der Waals surface area contributed by atoms with Gasteiger partial charge in [0.2, 0.25) is 0 Å². The van der Waals surface area contributed by atoms with Gasteiger partial charge in [-0.1, -0.05) is 30.3 Å². The van der Waals surface area contributed by atoms with Crippen LogP contribution in [0.5, 0.6) is 0 Å². The second kappa shape index (κ2) is 6.79. The molecule has 0 aliphatic carbocycles. The molecule has 1 aromatic heterocycles. The standard InChI is InChI=1S/C18H21N3O2/c19-12-13-8-10-21(11-9-13)18(23)15-6-7-16(20-17(15)22)14-4-2-1-3-5-14/h1-7,13H,8-12,19H2,(H,20,22). The highest BCUT2D eigenvalue weighted by molar-refractivity contribution is 5.94. The number of nitrogens with zero attached hydrogens (tertiary/aromatic N) is 1. The summed E-state index contributed by atoms with van der Waals surface area (Å²) in [6, 6.07) is 13.0. The maximum Gasteiger partial charge on any atom is 0.261 e. The van der Waals surface area contributed by atoms with Crippen LogP contribution >= 0.6 is 0 Å². The van der Waals surface area contributed by atoms with Gasteiger partial charge >= 0.3 is 0 Å². The molecule has 1 saturated heterocycles. The van der Waals surface area contributed by atoms with Crippen molar-refractivity contribution in [1.82, 2.24) is 9.88 Å². The Balaban J connectivity index is 1.79. The van der Waals surface area contributed by atoms with Crippen LogP contribution in [0.3, 0.4) is 0 Å². The zero-order valence-electron chi connectivity index (χ0n) is 13.0. The summed E-state index contributed by atoms with van der Waals surface area (Å²) < 4.78 is 0. The molecule has 3 N–H and O–H groups in total. The third-order valence-corrected chi connectivity index (χ3v) is 4.46. The van der Waals surface area contributed by atoms with Gasteiger partial charge in [-0.3, -0.25) is 9.59 Å². The summed E-state index contributed by atoms with van der Waals surface area (Å²) in [6.45, 7) is 2.00. The number of hydrogen-bond donors (Lipinski definition) is 2. The number of rotatable bonds is 3. The number of H-pyrrole nitrogens is 1. The fourth-order valence-electron chi connectivity index (χ4n) is 2.97. The lowest BCUT2D eigenvalue weighted by Gasteiger charge is -2.31. The lowest BCUT2D eigenvalue weighted by atomic mass is 9.96. The van der Waals surface area contributed by atoms with Gasteiger partial charge in [0.05, 0.1) is 0 Å². The molecule has 1 fully saturated rings. The van der Waals surface area contributed by atoms with E-state index in [1.807, 2.05) is 30.3 Å². The van der Waals surface area contributed by atoms with Crippen LogP contribution < -0.4 is 11.3 Å². The molecule has 0 bridgehead atoms. The van der Waals surface area contributed by atoms with E-state index >= 15 is 0 Å². The molecule has 1 amide bonds. The molecular weight excluding hydrogens is 290 g/mol. The van der Waals surface area contributed by atoms with E-state index in [0.717, 1.165) is 18.4 Å². The molecule has 1 aromatic carbocycles. The minimum Gasteiger partial charge on any atom is -0.338 e. The van der Waals surface area contributed by atoms with Gasteiger partial charge in [-0.05, 0) is 43.0 Å². The van der Waals surface area contributed by atoms with E-state index in [1.54, 1.807) is 17.0 Å². The van der Waals surface area contributed by atoms with Gasteiger partial charge in [0.25, 0.3) is 11.5 Å². The van der Waals surface area contributed by atoms with Crippen LogP contribution in [-0.4, -0.2) is 35.4 Å². The van der Waals surface area contributed by atoms with Crippen molar-refractivity contribution >= 4 is 5.91 Å². The van der Waals surface area contributed by atoms with Crippen LogP contribution in [0.1, 0.15) is 23.2 Å². The van der Waals surface area contributed by atoms with E-state index in [2.05, 4.69) is 4.98 Å². The summed E-state index contributed by atoms with van der Waals surface area (Å²) in [5.74, 6) is 0.291. The van der Waals surface area contributed by atoms with E-state index in [0.29, 0.717) is 31.2 Å². The molecule has 1 aliphatic heterocycles. The Hall–Kier alpha value is -2.40. The number of likely N-dealkylation sites (tertiary alicyclic amines) is 1. The predicted octanol–water partition coefficient (Wildman–Crippen LogP) is 1.85. The molecule has 120 valence electrons. The molecule has 5 heteroatoms. The van der Waals surface area contributed by atoms with Gasteiger partial charge in [-0.2, -0.15) is 0 Å². The van der Waals surface area contributed by atoms with Crippen molar-refractivity contribution in [3.8, 4) is 11.3 Å². The number of carbonyl (C=O) groups excluding carboxylic acids is 1. The Kier molecular flexibility index (Phi) is 4.57. The topological polar surface area (TPSA) is 79.2 Å². The van der Waals surface area contributed by atoms with Crippen molar-refractivity contribution < 1.29 is 4.79 Å². The number of benzene rings is 1. The van der Waals surface area contributed by atoms with E-state index in [4.69, 9.17) is 5.73 Å². The van der Waals surface area contributed by atoms with E-state index < -0.39 is 0 Å². The highest BCUT2D eigenvalue weighted by Crippen LogP contribution is 2.18. The molecule has 3 rings (SSSR count). The van der Waals surface area contributed by atoms with Crippen LogP contribution in [0.2, 0.25) is 0 Å². The molecule has 0 radical (unpaired) electrons. The molecule has 2 heterocycles. The molecule has 23 heavy (non-hydrogen) atoms. The number of carbonyl (C=O) groups is 1. The number of pyridine rings is 1. The maximum absolute atomic E-state index is 12.5. The minimum atomic E-state index is -0.336. The molecule has 0 spiro atoms. The van der Waals surface area contributed by atoms with E-state index in [9.17, 15) is 9.59 Å². The molecule has 2 aromatic rings. The first-order chi connectivity index (χ1) is 11.2. The molecule has 1 aliphatic rings. The summed E-state index contributed by atoms with van der Waals surface area (Å²) in [4.78, 5) is 29.4. The van der Waals surface area contributed by atoms with Crippen molar-refractivity contribution in [2.45, 2.75) is 12.8 Å². The van der Waals surface area contributed by atoms with Crippen molar-refractivity contribution in [3.05, 3.63) is 58.4 Å². The lowest BCUT2D eigenvalue weighted by molar-refractivity contribution is 0.0691. The Labute approximate surface area is 135 Å². The van der Waals surface area contributed by atoms with Crippen LogP contribution in [0.4, 0.5) is 0 Å². The zero-order chi connectivity index (χ0) is 16.2. The monoisotopic (exact) mass is 311 g/mol. The number of piperidine rings is 1. The van der Waals surface area contributed by atoms with Gasteiger partial charge < -0.3 is 15.6 Å². The van der Waals surface area contributed by atoms with Crippen LogP contribution in [-0.2, 0) is 0 Å². The number of nitrogens with two attached hydrogens (primary N) is 1. The highest BCUT2D eigenvalue weighted by Gasteiger charge is 2.24. The first-order valence-electron chi connectivity index (χ1n) is 7.97. The smallest absolute Gasteiger partial charge is 0.261 e. The van der Waals surface area contributed by atoms with Crippen molar-refractivity contribution in [1.29, 1.82) is 0 Å². The molecule has 5 nitrogen and oxygen atoms in total. The average molecular weight is 311 g/mol. The minimum absolute atomic E-state index is 0.193. The third-order valence-electron chi connectivity index (χ3n) is 4.46. The van der Waals surface area contributed by atoms with Gasteiger partial charge in [0.15, 0.2) is 0 Å². The van der Waals surface area contributed by atoms with Gasteiger partial charge in [0, 0.05) is 18.8 Å². The second-order valence-corrected chi connectivity index (χ2v) is 5.95. The SMILES string of the molecule is NCC1CCN(C(=O)c2ccc(-c3ccccc3)[nH]c2=O)CC1. The van der Waals surface area contributed by atoms with Crippen molar-refractivity contribution in [2.75, 3.05) is 19.6 Å². The first kappa shape index (κ1) is 15.5. The molecule has 0 unspecified atom stereocenters. The number of amides is 1.